The third-order valence-electron chi connectivity index (χ3n) is 5.67. The third kappa shape index (κ3) is 6.43. The summed E-state index contributed by atoms with van der Waals surface area (Å²) in [7, 11) is 3.49. The van der Waals surface area contributed by atoms with Crippen LogP contribution in [-0.4, -0.2) is 36.9 Å². The van der Waals surface area contributed by atoms with Crippen LogP contribution in [0.5, 0.6) is 5.75 Å². The quantitative estimate of drug-likeness (QED) is 0.488. The van der Waals surface area contributed by atoms with Gasteiger partial charge < -0.3 is 15.4 Å². The number of para-hydroxylation sites is 2. The zero-order valence-electron chi connectivity index (χ0n) is 19.6. The Hall–Kier alpha value is -3.64. The highest BCUT2D eigenvalue weighted by molar-refractivity contribution is 6.05. The molecule has 3 aromatic rings. The first kappa shape index (κ1) is 24.0. The molecule has 0 aliphatic carbocycles. The van der Waals surface area contributed by atoms with E-state index < -0.39 is 0 Å². The van der Waals surface area contributed by atoms with Gasteiger partial charge >= 0.3 is 0 Å². The maximum atomic E-state index is 12.7. The molecule has 0 saturated carbocycles. The highest BCUT2D eigenvalue weighted by atomic mass is 16.5. The Kier molecular flexibility index (Phi) is 8.22. The number of amides is 2. The van der Waals surface area contributed by atoms with Crippen molar-refractivity contribution in [2.45, 2.75) is 32.9 Å². The predicted molar refractivity (Wildman–Crippen MR) is 133 cm³/mol. The standard InChI is InChI=1S/C27H31N3O3/c1-5-20-10-12-21(13-11-20)18-30(3)19(2)26(31)28-23-16-14-22(15-17-23)27(32)29-24-8-6-7-9-25(24)33-4/h6-17,19H,5,18H2,1-4H3,(H,28,31)(H,29,32). The Morgan fingerprint density at radius 1 is 0.909 bits per heavy atom. The maximum Gasteiger partial charge on any atom is 0.255 e. The normalized spacial score (nSPS) is 11.7. The highest BCUT2D eigenvalue weighted by Gasteiger charge is 2.18. The number of carbonyl (C=O) groups is 2. The highest BCUT2D eigenvalue weighted by Crippen LogP contribution is 2.24. The number of ether oxygens (including phenoxy) is 1. The molecule has 3 aromatic carbocycles. The summed E-state index contributed by atoms with van der Waals surface area (Å²) in [5, 5.41) is 5.77. The lowest BCUT2D eigenvalue weighted by Crippen LogP contribution is -2.39. The fourth-order valence-corrected chi connectivity index (χ4v) is 3.40. The van der Waals surface area contributed by atoms with Gasteiger partial charge in [-0.15, -0.1) is 0 Å². The van der Waals surface area contributed by atoms with Crippen LogP contribution >= 0.6 is 0 Å². The minimum absolute atomic E-state index is 0.103. The van der Waals surface area contributed by atoms with Gasteiger partial charge in [0.25, 0.3) is 5.91 Å². The molecular weight excluding hydrogens is 414 g/mol. The Bertz CT molecular complexity index is 1080. The second-order valence-electron chi connectivity index (χ2n) is 7.98. The molecule has 1 unspecified atom stereocenters. The molecule has 1 atom stereocenters. The molecule has 0 bridgehead atoms. The van der Waals surface area contributed by atoms with E-state index in [-0.39, 0.29) is 17.9 Å². The van der Waals surface area contributed by atoms with E-state index in [0.29, 0.717) is 29.2 Å². The zero-order valence-corrected chi connectivity index (χ0v) is 19.6. The van der Waals surface area contributed by atoms with E-state index in [0.717, 1.165) is 6.42 Å². The Balaban J connectivity index is 1.56. The van der Waals surface area contributed by atoms with Gasteiger partial charge in [-0.05, 0) is 67.9 Å². The van der Waals surface area contributed by atoms with Gasteiger partial charge in [0.1, 0.15) is 5.75 Å². The van der Waals surface area contributed by atoms with Crippen LogP contribution in [0.15, 0.2) is 72.8 Å². The van der Waals surface area contributed by atoms with Crippen LogP contribution in [0.4, 0.5) is 11.4 Å². The van der Waals surface area contributed by atoms with Crippen LogP contribution in [0.1, 0.15) is 35.3 Å². The second kappa shape index (κ2) is 11.3. The number of rotatable bonds is 9. The minimum atomic E-state index is -0.315. The number of hydrogen-bond acceptors (Lipinski definition) is 4. The smallest absolute Gasteiger partial charge is 0.255 e. The predicted octanol–water partition coefficient (Wildman–Crippen LogP) is 4.97. The van der Waals surface area contributed by atoms with Crippen molar-refractivity contribution in [2.75, 3.05) is 24.8 Å². The van der Waals surface area contributed by atoms with Gasteiger partial charge in [0.15, 0.2) is 0 Å². The zero-order chi connectivity index (χ0) is 23.8. The molecule has 0 fully saturated rings. The van der Waals surface area contributed by atoms with Crippen molar-refractivity contribution in [3.05, 3.63) is 89.5 Å². The Morgan fingerprint density at radius 2 is 1.55 bits per heavy atom. The second-order valence-corrected chi connectivity index (χ2v) is 7.98. The van der Waals surface area contributed by atoms with Crippen molar-refractivity contribution in [1.82, 2.24) is 4.90 Å². The van der Waals surface area contributed by atoms with E-state index >= 15 is 0 Å². The summed E-state index contributed by atoms with van der Waals surface area (Å²) < 4.78 is 5.27. The van der Waals surface area contributed by atoms with E-state index in [1.807, 2.05) is 31.0 Å². The molecule has 3 rings (SSSR count). The molecule has 0 spiro atoms. The summed E-state index contributed by atoms with van der Waals surface area (Å²) in [6, 6.07) is 22.2. The monoisotopic (exact) mass is 445 g/mol. The summed E-state index contributed by atoms with van der Waals surface area (Å²) in [4.78, 5) is 27.3. The number of nitrogens with one attached hydrogen (secondary N) is 2. The summed E-state index contributed by atoms with van der Waals surface area (Å²) in [6.07, 6.45) is 1.01. The fraction of sp³-hybridized carbons (Fsp3) is 0.259. The van der Waals surface area contributed by atoms with Crippen LogP contribution in [0.25, 0.3) is 0 Å². The van der Waals surface area contributed by atoms with Crippen molar-refractivity contribution in [1.29, 1.82) is 0 Å². The lowest BCUT2D eigenvalue weighted by Gasteiger charge is -2.24. The van der Waals surface area contributed by atoms with Crippen LogP contribution < -0.4 is 15.4 Å². The molecule has 2 amide bonds. The van der Waals surface area contributed by atoms with Crippen LogP contribution in [0, 0.1) is 0 Å². The third-order valence-corrected chi connectivity index (χ3v) is 5.67. The molecule has 6 heteroatoms. The van der Waals surface area contributed by atoms with Crippen LogP contribution in [0.3, 0.4) is 0 Å². The number of methoxy groups -OCH3 is 1. The van der Waals surface area contributed by atoms with E-state index in [1.54, 1.807) is 43.5 Å². The van der Waals surface area contributed by atoms with Gasteiger partial charge in [-0.3, -0.25) is 14.5 Å². The summed E-state index contributed by atoms with van der Waals surface area (Å²) >= 11 is 0. The molecule has 6 nitrogen and oxygen atoms in total. The van der Waals surface area contributed by atoms with Gasteiger partial charge in [0.05, 0.1) is 18.8 Å². The molecule has 33 heavy (non-hydrogen) atoms. The number of aryl methyl sites for hydroxylation is 1. The Labute approximate surface area is 195 Å². The molecule has 0 aromatic heterocycles. The fourth-order valence-electron chi connectivity index (χ4n) is 3.40. The lowest BCUT2D eigenvalue weighted by molar-refractivity contribution is -0.120. The van der Waals surface area contributed by atoms with Crippen molar-refractivity contribution in [2.24, 2.45) is 0 Å². The molecule has 172 valence electrons. The van der Waals surface area contributed by atoms with E-state index in [2.05, 4.69) is 41.8 Å². The number of benzene rings is 3. The minimum Gasteiger partial charge on any atom is -0.495 e. The van der Waals surface area contributed by atoms with Crippen molar-refractivity contribution >= 4 is 23.2 Å². The number of carbonyl (C=O) groups excluding carboxylic acids is 2. The molecule has 0 saturated heterocycles. The van der Waals surface area contributed by atoms with Crippen LogP contribution in [-0.2, 0) is 17.8 Å². The number of nitrogens with zero attached hydrogens (tertiary/aromatic N) is 1. The van der Waals surface area contributed by atoms with Gasteiger partial charge in [-0.25, -0.2) is 0 Å². The number of hydrogen-bond donors (Lipinski definition) is 2. The van der Waals surface area contributed by atoms with Crippen molar-refractivity contribution in [3.8, 4) is 5.75 Å². The van der Waals surface area contributed by atoms with Gasteiger partial charge in [0.2, 0.25) is 5.91 Å². The average molecular weight is 446 g/mol. The first-order valence-corrected chi connectivity index (χ1v) is 11.0. The topological polar surface area (TPSA) is 70.7 Å². The van der Waals surface area contributed by atoms with Crippen molar-refractivity contribution < 1.29 is 14.3 Å². The van der Waals surface area contributed by atoms with Crippen LogP contribution in [0.2, 0.25) is 0 Å². The summed E-state index contributed by atoms with van der Waals surface area (Å²) in [6.45, 7) is 4.69. The molecule has 0 aliphatic rings. The summed E-state index contributed by atoms with van der Waals surface area (Å²) in [5.74, 6) is 0.239. The van der Waals surface area contributed by atoms with Crippen molar-refractivity contribution in [3.63, 3.8) is 0 Å². The lowest BCUT2D eigenvalue weighted by atomic mass is 10.1. The summed E-state index contributed by atoms with van der Waals surface area (Å²) in [5.41, 5.74) is 4.19. The largest absolute Gasteiger partial charge is 0.495 e. The molecular formula is C27H31N3O3. The maximum absolute atomic E-state index is 12.7. The van der Waals surface area contributed by atoms with Gasteiger partial charge in [0, 0.05) is 17.8 Å². The number of anilines is 2. The molecule has 0 heterocycles. The average Bonchev–Trinajstić information content (AvgIpc) is 2.84. The van der Waals surface area contributed by atoms with Gasteiger partial charge in [-0.1, -0.05) is 43.3 Å². The molecule has 0 radical (unpaired) electrons. The Morgan fingerprint density at radius 3 is 2.18 bits per heavy atom. The molecule has 0 aliphatic heterocycles. The number of likely N-dealkylation sites (N-methyl/N-ethyl adjacent to an activating group) is 1. The first-order chi connectivity index (χ1) is 15.9. The van der Waals surface area contributed by atoms with E-state index in [9.17, 15) is 9.59 Å². The molecule has 2 N–H and O–H groups in total. The van der Waals surface area contributed by atoms with Gasteiger partial charge in [-0.2, -0.15) is 0 Å². The first-order valence-electron chi connectivity index (χ1n) is 11.0. The van der Waals surface area contributed by atoms with E-state index in [4.69, 9.17) is 4.74 Å². The van der Waals surface area contributed by atoms with E-state index in [1.165, 1.54) is 11.1 Å². The SMILES string of the molecule is CCc1ccc(CN(C)C(C)C(=O)Nc2ccc(C(=O)Nc3ccccc3OC)cc2)cc1.